The van der Waals surface area contributed by atoms with Crippen molar-refractivity contribution in [3.05, 3.63) is 47.6 Å². The maximum absolute atomic E-state index is 2.96. The summed E-state index contributed by atoms with van der Waals surface area (Å²) >= 11 is -0.866. The fourth-order valence-electron chi connectivity index (χ4n) is 6.08. The van der Waals surface area contributed by atoms with E-state index in [1.54, 1.807) is 0 Å². The van der Waals surface area contributed by atoms with Crippen LogP contribution in [-0.4, -0.2) is 51.8 Å². The average Bonchev–Trinajstić information content (AvgIpc) is 3.44. The summed E-state index contributed by atoms with van der Waals surface area (Å²) in [6.45, 7) is 20.8. The maximum atomic E-state index is 2.96. The van der Waals surface area contributed by atoms with E-state index in [9.17, 15) is 0 Å². The van der Waals surface area contributed by atoms with E-state index in [4.69, 9.17) is 0 Å². The number of allylic oxidation sites excluding steroid dienone is 8. The van der Waals surface area contributed by atoms with Gasteiger partial charge < -0.3 is 9.41 Å². The van der Waals surface area contributed by atoms with E-state index >= 15 is 0 Å². The molecule has 0 aromatic rings. The topological polar surface area (TPSA) is 6.48 Å². The minimum absolute atomic E-state index is 0. The summed E-state index contributed by atoms with van der Waals surface area (Å²) in [4.78, 5) is 0. The summed E-state index contributed by atoms with van der Waals surface area (Å²) in [5.74, 6) is 0. The van der Waals surface area contributed by atoms with Crippen molar-refractivity contribution in [2.75, 3.05) is 26.2 Å². The van der Waals surface area contributed by atoms with Crippen LogP contribution in [0.5, 0.6) is 0 Å². The summed E-state index contributed by atoms with van der Waals surface area (Å²) in [6, 6.07) is 0. The molecule has 2 aliphatic heterocycles. The molecule has 7 heteroatoms. The van der Waals surface area contributed by atoms with Crippen LogP contribution in [0, 0.1) is 0 Å². The van der Waals surface area contributed by atoms with Crippen LogP contribution in [0.15, 0.2) is 47.6 Å². The molecule has 0 bridgehead atoms. The van der Waals surface area contributed by atoms with E-state index in [2.05, 4.69) is 85.6 Å². The van der Waals surface area contributed by atoms with Gasteiger partial charge in [0.25, 0.3) is 0 Å². The van der Waals surface area contributed by atoms with Crippen molar-refractivity contribution in [3.8, 4) is 0 Å². The van der Waals surface area contributed by atoms with Gasteiger partial charge in [-0.15, -0.1) is 0 Å². The second-order valence-corrected chi connectivity index (χ2v) is 27.1. The third-order valence-electron chi connectivity index (χ3n) is 8.36. The zero-order valence-corrected chi connectivity index (χ0v) is 24.7. The van der Waals surface area contributed by atoms with Crippen LogP contribution in [-0.2, 0) is 23.2 Å². The van der Waals surface area contributed by atoms with Crippen molar-refractivity contribution >= 4 is 16.5 Å². The molecule has 2 aliphatic carbocycles. The molecule has 0 aromatic carbocycles. The third kappa shape index (κ3) is 4.56. The van der Waals surface area contributed by atoms with Gasteiger partial charge in [-0.05, 0) is 0 Å². The second kappa shape index (κ2) is 9.73. The molecule has 2 nitrogen and oxygen atoms in total. The summed E-state index contributed by atoms with van der Waals surface area (Å²) in [7, 11) is -3.20. The summed E-state index contributed by atoms with van der Waals surface area (Å²) in [6.07, 6.45) is 21.5. The number of nitrogens with zero attached hydrogens (tertiary/aromatic N) is 2. The standard InChI is InChI=1S/2C12H20NSi.2FH.Zr/c2*1-11-6-7-12(10-11)14(2,3)13-8-4-5-9-13;;;/h2*6-7,10H,4-5,8-9H2,1-3H3;2*1H;/q;;;;+2/p-2. The SMILES string of the molecule is CC1=C[C]([Zr+2][C]2([Si](C)(C)N3CCCC3)C=CC(C)=C2)([Si](C)(C)N2CCCC2)C=C1.[F-].[F-]. The first-order valence-corrected chi connectivity index (χ1v) is 20.0. The molecule has 2 heterocycles. The molecule has 0 spiro atoms. The predicted molar refractivity (Wildman–Crippen MR) is 128 cm³/mol. The van der Waals surface area contributed by atoms with E-state index in [0.29, 0.717) is 5.49 Å². The number of hydrogen-bond acceptors (Lipinski definition) is 2. The quantitative estimate of drug-likeness (QED) is 0.441. The molecule has 2 fully saturated rings. The minimum atomic E-state index is -1.60. The molecule has 0 amide bonds. The van der Waals surface area contributed by atoms with Gasteiger partial charge >= 0.3 is 194 Å². The van der Waals surface area contributed by atoms with Gasteiger partial charge in [0.05, 0.1) is 0 Å². The zero-order valence-electron chi connectivity index (χ0n) is 20.3. The van der Waals surface area contributed by atoms with Gasteiger partial charge in [0, 0.05) is 0 Å². The molecular formula is C24H40F2N2Si2Zr. The smallest absolute Gasteiger partial charge is 1.00 e. The molecule has 0 radical (unpaired) electrons. The van der Waals surface area contributed by atoms with Crippen LogP contribution in [0.2, 0.25) is 31.7 Å². The second-order valence-electron chi connectivity index (χ2n) is 10.8. The van der Waals surface area contributed by atoms with Gasteiger partial charge in [0.1, 0.15) is 0 Å². The Bertz CT molecular complexity index is 716. The molecule has 2 unspecified atom stereocenters. The van der Waals surface area contributed by atoms with E-state index in [0.717, 1.165) is 0 Å². The predicted octanol–water partition coefficient (Wildman–Crippen LogP) is 0.107. The minimum Gasteiger partial charge on any atom is -1.00 e. The first kappa shape index (κ1) is 27.3. The van der Waals surface area contributed by atoms with Crippen molar-refractivity contribution in [3.63, 3.8) is 0 Å². The van der Waals surface area contributed by atoms with Gasteiger partial charge in [-0.3, -0.25) is 0 Å². The number of rotatable bonds is 6. The summed E-state index contributed by atoms with van der Waals surface area (Å²) in [5, 5.41) is 0. The molecule has 4 rings (SSSR count). The van der Waals surface area contributed by atoms with Crippen molar-refractivity contribution < 1.29 is 32.6 Å². The van der Waals surface area contributed by atoms with E-state index in [1.807, 2.05) is 0 Å². The largest absolute Gasteiger partial charge is 1.00 e. The molecular weight excluding hydrogens is 502 g/mol. The molecule has 0 N–H and O–H groups in total. The Morgan fingerprint density at radius 3 is 1.26 bits per heavy atom. The average molecular weight is 542 g/mol. The van der Waals surface area contributed by atoms with Crippen molar-refractivity contribution in [1.82, 2.24) is 9.13 Å². The molecule has 31 heavy (non-hydrogen) atoms. The van der Waals surface area contributed by atoms with Gasteiger partial charge in [0.15, 0.2) is 0 Å². The zero-order chi connectivity index (χ0) is 20.9. The van der Waals surface area contributed by atoms with Crippen LogP contribution in [0.3, 0.4) is 0 Å². The Labute approximate surface area is 202 Å². The van der Waals surface area contributed by atoms with Gasteiger partial charge in [0.2, 0.25) is 0 Å². The van der Waals surface area contributed by atoms with Crippen LogP contribution in [0.25, 0.3) is 0 Å². The van der Waals surface area contributed by atoms with Gasteiger partial charge in [-0.2, -0.15) is 0 Å². The Morgan fingerprint density at radius 1 is 0.677 bits per heavy atom. The van der Waals surface area contributed by atoms with Crippen LogP contribution >= 0.6 is 0 Å². The van der Waals surface area contributed by atoms with E-state index in [1.165, 1.54) is 63.0 Å². The summed E-state index contributed by atoms with van der Waals surface area (Å²) < 4.78 is 6.72. The molecule has 2 atom stereocenters. The number of hydrogen-bond donors (Lipinski definition) is 0. The maximum Gasteiger partial charge on any atom is -1.00 e. The fourth-order valence-corrected chi connectivity index (χ4v) is 26.8. The molecule has 0 aromatic heterocycles. The Balaban J connectivity index is 0.00000171. The normalized spacial score (nSPS) is 31.3. The monoisotopic (exact) mass is 540 g/mol. The molecule has 0 saturated carbocycles. The number of halogens is 2. The van der Waals surface area contributed by atoms with E-state index < -0.39 is 39.7 Å². The Hall–Kier alpha value is 0.0569. The first-order valence-electron chi connectivity index (χ1n) is 11.7. The van der Waals surface area contributed by atoms with Crippen LogP contribution < -0.4 is 9.41 Å². The fraction of sp³-hybridized carbons (Fsp3) is 0.667. The Morgan fingerprint density at radius 2 is 1.00 bits per heavy atom. The van der Waals surface area contributed by atoms with Gasteiger partial charge in [-0.1, -0.05) is 0 Å². The van der Waals surface area contributed by atoms with Crippen LogP contribution in [0.4, 0.5) is 0 Å². The molecule has 4 aliphatic rings. The van der Waals surface area contributed by atoms with Crippen molar-refractivity contribution in [2.45, 2.75) is 71.2 Å². The molecule has 2 saturated heterocycles. The third-order valence-corrected chi connectivity index (χ3v) is 31.2. The summed E-state index contributed by atoms with van der Waals surface area (Å²) in [5.41, 5.74) is 3.04. The first-order chi connectivity index (χ1) is 13.6. The van der Waals surface area contributed by atoms with Crippen molar-refractivity contribution in [2.24, 2.45) is 0 Å². The van der Waals surface area contributed by atoms with Crippen LogP contribution in [0.1, 0.15) is 39.5 Å². The van der Waals surface area contributed by atoms with Crippen molar-refractivity contribution in [1.29, 1.82) is 0 Å². The Kier molecular flexibility index (Phi) is 8.57. The molecule has 172 valence electrons. The van der Waals surface area contributed by atoms with Gasteiger partial charge in [-0.25, -0.2) is 0 Å². The van der Waals surface area contributed by atoms with E-state index in [-0.39, 0.29) is 9.41 Å².